The van der Waals surface area contributed by atoms with Crippen LogP contribution in [0.1, 0.15) is 42.5 Å². The van der Waals surface area contributed by atoms with E-state index < -0.39 is 17.3 Å². The second kappa shape index (κ2) is 7.20. The topological polar surface area (TPSA) is 99.6 Å². The van der Waals surface area contributed by atoms with Crippen LogP contribution < -0.4 is 10.2 Å². The molecule has 6 fully saturated rings. The van der Waals surface area contributed by atoms with E-state index >= 15 is 0 Å². The monoisotopic (exact) mass is 454 g/mol. The second-order valence-electron chi connectivity index (χ2n) is 10.6. The minimum absolute atomic E-state index is 0.0484. The van der Waals surface area contributed by atoms with Gasteiger partial charge in [-0.3, -0.25) is 14.4 Å². The molecule has 0 aromatic carbocycles. The first-order valence-corrected chi connectivity index (χ1v) is 12.9. The molecule has 7 rings (SSSR count). The maximum atomic E-state index is 13.2. The number of hydrogen-bond donors (Lipinski definition) is 2. The molecule has 1 radical (unpaired) electrons. The molecule has 5 saturated carbocycles. The zero-order chi connectivity index (χ0) is 22.2. The van der Waals surface area contributed by atoms with Crippen LogP contribution in [0.15, 0.2) is 17.2 Å². The Morgan fingerprint density at radius 2 is 1.88 bits per heavy atom. The summed E-state index contributed by atoms with van der Waals surface area (Å²) in [7, 11) is 0. The number of pyridine rings is 1. The molecule has 3 atom stereocenters. The summed E-state index contributed by atoms with van der Waals surface area (Å²) in [6, 6.07) is 3.91. The Morgan fingerprint density at radius 3 is 2.44 bits per heavy atom. The second-order valence-corrected chi connectivity index (χ2v) is 11.4. The predicted octanol–water partition coefficient (Wildman–Crippen LogP) is 2.60. The standard InChI is InChI=1S/C24H28N3O4S/c1-32-22-16(21(29)26-20-14-5-12-4-13(7-14)8-15(20)6-12)2-3-19(25-22)27-9-17-18(10-28)24(17,11-27)23(30)31/h2-3,12-15,17-18,20H,4-9,11H2,1H3,(H,26,29)(H,30,31)/t12?,13?,14?,15?,17-,18?,20?,24+/m0/s1. The van der Waals surface area contributed by atoms with Crippen molar-refractivity contribution in [3.05, 3.63) is 17.7 Å². The van der Waals surface area contributed by atoms with Gasteiger partial charge in [-0.05, 0) is 74.2 Å². The summed E-state index contributed by atoms with van der Waals surface area (Å²) in [6.45, 7) is 0.735. The van der Waals surface area contributed by atoms with Crippen LogP contribution in [0.5, 0.6) is 0 Å². The summed E-state index contributed by atoms with van der Waals surface area (Å²) in [5.74, 6) is 1.91. The van der Waals surface area contributed by atoms with Crippen LogP contribution in [0.3, 0.4) is 0 Å². The molecule has 1 saturated heterocycles. The van der Waals surface area contributed by atoms with Crippen molar-refractivity contribution >= 4 is 35.7 Å². The number of anilines is 1. The van der Waals surface area contributed by atoms with Gasteiger partial charge in [-0.15, -0.1) is 11.8 Å². The number of thioether (sulfide) groups is 1. The van der Waals surface area contributed by atoms with Gasteiger partial charge in [-0.2, -0.15) is 0 Å². The van der Waals surface area contributed by atoms with Crippen LogP contribution in [-0.2, 0) is 9.59 Å². The number of aliphatic carboxylic acids is 1. The van der Waals surface area contributed by atoms with Crippen LogP contribution >= 0.6 is 11.8 Å². The molecule has 8 heteroatoms. The number of carboxylic acid groups (broad SMARTS) is 1. The van der Waals surface area contributed by atoms with E-state index in [4.69, 9.17) is 4.98 Å². The van der Waals surface area contributed by atoms with Gasteiger partial charge in [0.25, 0.3) is 5.91 Å². The van der Waals surface area contributed by atoms with E-state index in [1.54, 1.807) is 0 Å². The molecule has 5 aliphatic carbocycles. The number of carboxylic acids is 1. The third-order valence-electron chi connectivity index (χ3n) is 9.04. The molecule has 6 aliphatic rings. The number of fused-ring (bicyclic) bond motifs is 1. The molecule has 1 aromatic rings. The average molecular weight is 455 g/mol. The van der Waals surface area contributed by atoms with E-state index in [0.717, 1.165) is 11.8 Å². The fourth-order valence-electron chi connectivity index (χ4n) is 7.67. The molecule has 1 amide bonds. The lowest BCUT2D eigenvalue weighted by molar-refractivity contribution is -0.143. The first-order valence-electron chi connectivity index (χ1n) is 11.7. The van der Waals surface area contributed by atoms with Crippen LogP contribution in [0.2, 0.25) is 0 Å². The smallest absolute Gasteiger partial charge is 0.312 e. The molecule has 1 aliphatic heterocycles. The SMILES string of the molecule is CSc1nc(N2C[C@H]3C([C]=O)[C@@]3(C(=O)O)C2)ccc1C(=O)NC1C2CC3CC(C2)CC1C3. The number of aromatic nitrogens is 1. The Labute approximate surface area is 191 Å². The maximum absolute atomic E-state index is 13.2. The summed E-state index contributed by atoms with van der Waals surface area (Å²) < 4.78 is 0. The fraction of sp³-hybridized carbons (Fsp3) is 0.667. The molecule has 0 spiro atoms. The van der Waals surface area contributed by atoms with Gasteiger partial charge in [0.15, 0.2) is 0 Å². The van der Waals surface area contributed by atoms with E-state index in [1.165, 1.54) is 43.9 Å². The molecule has 1 unspecified atom stereocenters. The van der Waals surface area contributed by atoms with Crippen molar-refractivity contribution in [2.24, 2.45) is 40.9 Å². The van der Waals surface area contributed by atoms with Crippen LogP contribution in [-0.4, -0.2) is 53.6 Å². The van der Waals surface area contributed by atoms with E-state index in [9.17, 15) is 19.5 Å². The maximum Gasteiger partial charge on any atom is 0.312 e. The van der Waals surface area contributed by atoms with Crippen molar-refractivity contribution < 1.29 is 19.5 Å². The van der Waals surface area contributed by atoms with Gasteiger partial charge in [-0.1, -0.05) is 0 Å². The average Bonchev–Trinajstić information content (AvgIpc) is 3.22. The van der Waals surface area contributed by atoms with Crippen molar-refractivity contribution in [1.29, 1.82) is 0 Å². The van der Waals surface area contributed by atoms with E-state index in [2.05, 4.69) is 5.32 Å². The van der Waals surface area contributed by atoms with Gasteiger partial charge in [0.05, 0.1) is 5.56 Å². The molecule has 1 aromatic heterocycles. The lowest BCUT2D eigenvalue weighted by Crippen LogP contribution is -2.55. The zero-order valence-corrected chi connectivity index (χ0v) is 18.9. The van der Waals surface area contributed by atoms with Crippen molar-refractivity contribution in [3.8, 4) is 0 Å². The molecule has 169 valence electrons. The number of carbonyl (C=O) groups excluding carboxylic acids is 2. The minimum atomic E-state index is -1.03. The minimum Gasteiger partial charge on any atom is -0.481 e. The normalized spacial score (nSPS) is 40.8. The van der Waals surface area contributed by atoms with Gasteiger partial charge in [0.1, 0.15) is 16.3 Å². The quantitative estimate of drug-likeness (QED) is 0.638. The van der Waals surface area contributed by atoms with Gasteiger partial charge in [0.2, 0.25) is 6.29 Å². The van der Waals surface area contributed by atoms with E-state index in [-0.39, 0.29) is 24.4 Å². The molecule has 2 N–H and O–H groups in total. The zero-order valence-electron chi connectivity index (χ0n) is 18.1. The molecule has 7 nitrogen and oxygen atoms in total. The number of hydrogen-bond acceptors (Lipinski definition) is 6. The third-order valence-corrected chi connectivity index (χ3v) is 9.73. The number of nitrogens with zero attached hydrogens (tertiary/aromatic N) is 2. The van der Waals surface area contributed by atoms with E-state index in [0.29, 0.717) is 34.8 Å². The predicted molar refractivity (Wildman–Crippen MR) is 119 cm³/mol. The van der Waals surface area contributed by atoms with Crippen molar-refractivity contribution in [2.45, 2.75) is 43.2 Å². The Balaban J connectivity index is 1.19. The van der Waals surface area contributed by atoms with Crippen LogP contribution in [0, 0.1) is 40.9 Å². The molecule has 4 bridgehead atoms. The lowest BCUT2D eigenvalue weighted by atomic mass is 9.54. The summed E-state index contributed by atoms with van der Waals surface area (Å²) >= 11 is 1.43. The molecular weight excluding hydrogens is 426 g/mol. The van der Waals surface area contributed by atoms with Gasteiger partial charge < -0.3 is 15.3 Å². The first-order chi connectivity index (χ1) is 15.4. The Hall–Kier alpha value is -2.09. The number of piperidine rings is 1. The van der Waals surface area contributed by atoms with Crippen molar-refractivity contribution in [3.63, 3.8) is 0 Å². The van der Waals surface area contributed by atoms with E-state index in [1.807, 2.05) is 29.6 Å². The van der Waals surface area contributed by atoms with Gasteiger partial charge in [-0.25, -0.2) is 4.98 Å². The lowest BCUT2D eigenvalue weighted by Gasteiger charge is -2.54. The number of nitrogens with one attached hydrogen (secondary N) is 1. The highest BCUT2D eigenvalue weighted by Crippen LogP contribution is 2.62. The highest BCUT2D eigenvalue weighted by Gasteiger charge is 2.74. The number of carbonyl (C=O) groups is 2. The summed E-state index contributed by atoms with van der Waals surface area (Å²) in [6.07, 6.45) is 10.2. The fourth-order valence-corrected chi connectivity index (χ4v) is 8.23. The highest BCUT2D eigenvalue weighted by molar-refractivity contribution is 7.98. The molecule has 32 heavy (non-hydrogen) atoms. The summed E-state index contributed by atoms with van der Waals surface area (Å²) in [5, 5.41) is 13.7. The van der Waals surface area contributed by atoms with Gasteiger partial charge in [0, 0.05) is 31.0 Å². The van der Waals surface area contributed by atoms with Crippen molar-refractivity contribution in [2.75, 3.05) is 24.2 Å². The largest absolute Gasteiger partial charge is 0.481 e. The Morgan fingerprint density at radius 1 is 1.19 bits per heavy atom. The van der Waals surface area contributed by atoms with Crippen LogP contribution in [0.4, 0.5) is 5.82 Å². The first kappa shape index (κ1) is 20.5. The molecule has 2 heterocycles. The number of rotatable bonds is 6. The van der Waals surface area contributed by atoms with Crippen LogP contribution in [0.25, 0.3) is 0 Å². The highest BCUT2D eigenvalue weighted by atomic mass is 32.2. The summed E-state index contributed by atoms with van der Waals surface area (Å²) in [5.41, 5.74) is -0.440. The Bertz CT molecular complexity index is 971. The Kier molecular flexibility index (Phi) is 4.62. The van der Waals surface area contributed by atoms with Gasteiger partial charge >= 0.3 is 5.97 Å². The molecular formula is C24H28N3O4S. The summed E-state index contributed by atoms with van der Waals surface area (Å²) in [4.78, 5) is 42.8. The number of amides is 1. The van der Waals surface area contributed by atoms with Crippen molar-refractivity contribution in [1.82, 2.24) is 10.3 Å². The third kappa shape index (κ3) is 2.87.